The van der Waals surface area contributed by atoms with Crippen molar-refractivity contribution in [2.75, 3.05) is 11.9 Å². The molecular weight excluding hydrogens is 388 g/mol. The predicted octanol–water partition coefficient (Wildman–Crippen LogP) is 5.69. The van der Waals surface area contributed by atoms with Gasteiger partial charge >= 0.3 is 0 Å². The van der Waals surface area contributed by atoms with E-state index >= 15 is 0 Å². The highest BCUT2D eigenvalue weighted by atomic mass is 35.5. The van der Waals surface area contributed by atoms with Gasteiger partial charge in [-0.05, 0) is 75.6 Å². The van der Waals surface area contributed by atoms with Crippen LogP contribution in [0.15, 0.2) is 35.9 Å². The van der Waals surface area contributed by atoms with Gasteiger partial charge in [0.1, 0.15) is 11.6 Å². The Labute approximate surface area is 176 Å². The SMILES string of the molecule is CCOc1cc(/C=C(\C#N)C(=O)Nc2cc(C)ccc2C)cc(Cl)c1OC(C)C. The van der Waals surface area contributed by atoms with Crippen molar-refractivity contribution in [3.63, 3.8) is 0 Å². The molecule has 0 fully saturated rings. The molecule has 0 bridgehead atoms. The van der Waals surface area contributed by atoms with Crippen LogP contribution >= 0.6 is 11.6 Å². The van der Waals surface area contributed by atoms with Crippen LogP contribution in [0.4, 0.5) is 5.69 Å². The van der Waals surface area contributed by atoms with E-state index in [0.717, 1.165) is 11.1 Å². The quantitative estimate of drug-likeness (QED) is 0.468. The zero-order chi connectivity index (χ0) is 21.6. The van der Waals surface area contributed by atoms with Gasteiger partial charge in [-0.3, -0.25) is 4.79 Å². The zero-order valence-electron chi connectivity index (χ0n) is 17.3. The average molecular weight is 413 g/mol. The van der Waals surface area contributed by atoms with Gasteiger partial charge in [0.15, 0.2) is 11.5 Å². The van der Waals surface area contributed by atoms with E-state index in [1.807, 2.05) is 58.9 Å². The summed E-state index contributed by atoms with van der Waals surface area (Å²) in [5, 5.41) is 12.7. The molecule has 0 aromatic heterocycles. The lowest BCUT2D eigenvalue weighted by molar-refractivity contribution is -0.112. The molecule has 0 aliphatic carbocycles. The van der Waals surface area contributed by atoms with Crippen molar-refractivity contribution < 1.29 is 14.3 Å². The molecule has 0 spiro atoms. The monoisotopic (exact) mass is 412 g/mol. The average Bonchev–Trinajstić information content (AvgIpc) is 2.65. The molecule has 6 heteroatoms. The third-order valence-electron chi connectivity index (χ3n) is 4.00. The van der Waals surface area contributed by atoms with Crippen LogP contribution in [0.5, 0.6) is 11.5 Å². The van der Waals surface area contributed by atoms with E-state index in [1.165, 1.54) is 6.08 Å². The molecule has 0 saturated carbocycles. The maximum atomic E-state index is 12.6. The fourth-order valence-corrected chi connectivity index (χ4v) is 2.92. The van der Waals surface area contributed by atoms with Crippen molar-refractivity contribution >= 4 is 29.3 Å². The zero-order valence-corrected chi connectivity index (χ0v) is 18.1. The first kappa shape index (κ1) is 22.3. The molecule has 0 saturated heterocycles. The van der Waals surface area contributed by atoms with Crippen molar-refractivity contribution in [1.29, 1.82) is 5.26 Å². The summed E-state index contributed by atoms with van der Waals surface area (Å²) >= 11 is 6.37. The first-order valence-electron chi connectivity index (χ1n) is 9.38. The van der Waals surface area contributed by atoms with E-state index in [0.29, 0.717) is 34.4 Å². The third kappa shape index (κ3) is 6.00. The fraction of sp³-hybridized carbons (Fsp3) is 0.304. The lowest BCUT2D eigenvalue weighted by atomic mass is 10.1. The number of halogens is 1. The molecule has 0 atom stereocenters. The Bertz CT molecular complexity index is 975. The van der Waals surface area contributed by atoms with E-state index in [4.69, 9.17) is 21.1 Å². The number of rotatable bonds is 7. The molecule has 0 unspecified atom stereocenters. The fourth-order valence-electron chi connectivity index (χ4n) is 2.66. The Morgan fingerprint density at radius 3 is 2.62 bits per heavy atom. The molecular formula is C23H25ClN2O3. The molecule has 2 aromatic carbocycles. The second-order valence-electron chi connectivity index (χ2n) is 6.87. The van der Waals surface area contributed by atoms with E-state index < -0.39 is 5.91 Å². The van der Waals surface area contributed by atoms with Crippen molar-refractivity contribution in [2.45, 2.75) is 40.7 Å². The van der Waals surface area contributed by atoms with Crippen molar-refractivity contribution in [2.24, 2.45) is 0 Å². The first-order valence-corrected chi connectivity index (χ1v) is 9.76. The van der Waals surface area contributed by atoms with Crippen LogP contribution in [-0.2, 0) is 4.79 Å². The minimum Gasteiger partial charge on any atom is -0.490 e. The van der Waals surface area contributed by atoms with Crippen LogP contribution in [0, 0.1) is 25.2 Å². The number of carbonyl (C=O) groups excluding carboxylic acids is 1. The molecule has 2 rings (SSSR count). The van der Waals surface area contributed by atoms with E-state index in [-0.39, 0.29) is 11.7 Å². The van der Waals surface area contributed by atoms with Crippen molar-refractivity contribution in [3.8, 4) is 17.6 Å². The van der Waals surface area contributed by atoms with Crippen molar-refractivity contribution in [3.05, 3.63) is 57.6 Å². The van der Waals surface area contributed by atoms with Crippen LogP contribution < -0.4 is 14.8 Å². The number of hydrogen-bond donors (Lipinski definition) is 1. The summed E-state index contributed by atoms with van der Waals surface area (Å²) in [4.78, 5) is 12.6. The molecule has 0 aliphatic rings. The van der Waals surface area contributed by atoms with Gasteiger partial charge in [-0.1, -0.05) is 23.7 Å². The van der Waals surface area contributed by atoms with Gasteiger partial charge < -0.3 is 14.8 Å². The Hall–Kier alpha value is -2.97. The van der Waals surface area contributed by atoms with Gasteiger partial charge in [0.25, 0.3) is 5.91 Å². The van der Waals surface area contributed by atoms with Gasteiger partial charge in [-0.2, -0.15) is 5.26 Å². The van der Waals surface area contributed by atoms with Crippen LogP contribution in [0.25, 0.3) is 6.08 Å². The Morgan fingerprint density at radius 2 is 2.00 bits per heavy atom. The number of ether oxygens (including phenoxy) is 2. The number of carbonyl (C=O) groups is 1. The molecule has 1 amide bonds. The highest BCUT2D eigenvalue weighted by Crippen LogP contribution is 2.38. The van der Waals surface area contributed by atoms with Crippen LogP contribution in [0.1, 0.15) is 37.5 Å². The van der Waals surface area contributed by atoms with Gasteiger partial charge in [0.05, 0.1) is 17.7 Å². The molecule has 2 aromatic rings. The summed E-state index contributed by atoms with van der Waals surface area (Å²) in [6, 6.07) is 11.1. The maximum Gasteiger partial charge on any atom is 0.266 e. The molecule has 152 valence electrons. The minimum atomic E-state index is -0.488. The number of nitrogens with one attached hydrogen (secondary N) is 1. The summed E-state index contributed by atoms with van der Waals surface area (Å²) in [6.45, 7) is 9.90. The number of hydrogen-bond acceptors (Lipinski definition) is 4. The van der Waals surface area contributed by atoms with E-state index in [1.54, 1.807) is 12.1 Å². The number of anilines is 1. The largest absolute Gasteiger partial charge is 0.490 e. The van der Waals surface area contributed by atoms with Gasteiger partial charge in [0, 0.05) is 5.69 Å². The highest BCUT2D eigenvalue weighted by Gasteiger charge is 2.16. The molecule has 0 aliphatic heterocycles. The number of nitriles is 1. The summed E-state index contributed by atoms with van der Waals surface area (Å²) in [6.07, 6.45) is 1.40. The summed E-state index contributed by atoms with van der Waals surface area (Å²) in [5.41, 5.74) is 3.13. The lowest BCUT2D eigenvalue weighted by Crippen LogP contribution is -2.14. The van der Waals surface area contributed by atoms with Crippen LogP contribution in [-0.4, -0.2) is 18.6 Å². The standard InChI is InChI=1S/C23H25ClN2O3/c1-6-28-21-12-17(11-19(24)22(21)29-14(2)3)10-18(13-25)23(27)26-20-9-15(4)7-8-16(20)5/h7-12,14H,6H2,1-5H3,(H,26,27)/b18-10+. The second-order valence-corrected chi connectivity index (χ2v) is 7.28. The molecule has 1 N–H and O–H groups in total. The Balaban J connectivity index is 2.37. The topological polar surface area (TPSA) is 71.3 Å². The number of nitrogens with zero attached hydrogens (tertiary/aromatic N) is 1. The van der Waals surface area contributed by atoms with E-state index in [9.17, 15) is 10.1 Å². The molecule has 0 heterocycles. The van der Waals surface area contributed by atoms with E-state index in [2.05, 4.69) is 5.32 Å². The number of aryl methyl sites for hydroxylation is 2. The van der Waals surface area contributed by atoms with Crippen LogP contribution in [0.2, 0.25) is 5.02 Å². The lowest BCUT2D eigenvalue weighted by Gasteiger charge is -2.16. The second kappa shape index (κ2) is 9.99. The van der Waals surface area contributed by atoms with Gasteiger partial charge in [0.2, 0.25) is 0 Å². The number of benzene rings is 2. The smallest absolute Gasteiger partial charge is 0.266 e. The minimum absolute atomic E-state index is 0.0399. The molecule has 29 heavy (non-hydrogen) atoms. The normalized spacial score (nSPS) is 11.2. The maximum absolute atomic E-state index is 12.6. The Kier molecular flexibility index (Phi) is 7.69. The predicted molar refractivity (Wildman–Crippen MR) is 117 cm³/mol. The van der Waals surface area contributed by atoms with Gasteiger partial charge in [-0.25, -0.2) is 0 Å². The summed E-state index contributed by atoms with van der Waals surface area (Å²) in [7, 11) is 0. The molecule has 5 nitrogen and oxygen atoms in total. The first-order chi connectivity index (χ1) is 13.7. The highest BCUT2D eigenvalue weighted by molar-refractivity contribution is 6.32. The van der Waals surface area contributed by atoms with Crippen LogP contribution in [0.3, 0.4) is 0 Å². The summed E-state index contributed by atoms with van der Waals surface area (Å²) in [5.74, 6) is 0.420. The van der Waals surface area contributed by atoms with Crippen molar-refractivity contribution in [1.82, 2.24) is 0 Å². The number of amides is 1. The third-order valence-corrected chi connectivity index (χ3v) is 4.28. The molecule has 0 radical (unpaired) electrons. The summed E-state index contributed by atoms with van der Waals surface area (Å²) < 4.78 is 11.4. The van der Waals surface area contributed by atoms with Gasteiger partial charge in [-0.15, -0.1) is 0 Å². The Morgan fingerprint density at radius 1 is 1.28 bits per heavy atom.